The zero-order chi connectivity index (χ0) is 20.4. The lowest BCUT2D eigenvalue weighted by Crippen LogP contribution is -2.44. The Hall–Kier alpha value is -2.99. The Morgan fingerprint density at radius 1 is 1.14 bits per heavy atom. The molecule has 0 spiro atoms. The van der Waals surface area contributed by atoms with Gasteiger partial charge in [-0.25, -0.2) is 9.07 Å². The van der Waals surface area contributed by atoms with Gasteiger partial charge in [-0.05, 0) is 57.1 Å². The van der Waals surface area contributed by atoms with Crippen LogP contribution in [0.3, 0.4) is 0 Å². The molecule has 1 amide bonds. The topological polar surface area (TPSA) is 50.2 Å². The predicted molar refractivity (Wildman–Crippen MR) is 112 cm³/mol. The standard InChI is InChI=1S/C23H25FN4O/c1-16-4-3-5-17(14-16)22-21(23(29)27-12-10-19(25-2)11-13-27)15-28(26-22)20-8-6-18(24)7-9-20/h3-9,14-15,19,25H,10-13H2,1-2H3. The van der Waals surface area contributed by atoms with Gasteiger partial charge in [0.25, 0.3) is 5.91 Å². The van der Waals surface area contributed by atoms with Crippen LogP contribution in [0.5, 0.6) is 0 Å². The molecule has 1 aromatic heterocycles. The molecule has 0 unspecified atom stereocenters. The van der Waals surface area contributed by atoms with Crippen molar-refractivity contribution >= 4 is 5.91 Å². The van der Waals surface area contributed by atoms with Crippen LogP contribution in [0.2, 0.25) is 0 Å². The molecule has 150 valence electrons. The van der Waals surface area contributed by atoms with Gasteiger partial charge in [-0.3, -0.25) is 4.79 Å². The third kappa shape index (κ3) is 4.07. The summed E-state index contributed by atoms with van der Waals surface area (Å²) in [6.07, 6.45) is 3.64. The molecule has 3 aromatic rings. The molecule has 2 aromatic carbocycles. The van der Waals surface area contributed by atoms with Crippen molar-refractivity contribution in [1.29, 1.82) is 0 Å². The summed E-state index contributed by atoms with van der Waals surface area (Å²) in [4.78, 5) is 15.3. The molecule has 1 fully saturated rings. The number of rotatable bonds is 4. The first-order valence-electron chi connectivity index (χ1n) is 9.94. The second kappa shape index (κ2) is 8.17. The van der Waals surface area contributed by atoms with Gasteiger partial charge in [0.2, 0.25) is 0 Å². The summed E-state index contributed by atoms with van der Waals surface area (Å²) in [7, 11) is 1.96. The van der Waals surface area contributed by atoms with Crippen LogP contribution in [-0.4, -0.2) is 46.8 Å². The Morgan fingerprint density at radius 2 is 1.86 bits per heavy atom. The van der Waals surface area contributed by atoms with E-state index in [0.717, 1.165) is 37.1 Å². The van der Waals surface area contributed by atoms with Crippen molar-refractivity contribution in [2.75, 3.05) is 20.1 Å². The van der Waals surface area contributed by atoms with Crippen molar-refractivity contribution in [1.82, 2.24) is 20.0 Å². The van der Waals surface area contributed by atoms with Crippen LogP contribution in [0.4, 0.5) is 4.39 Å². The molecule has 6 heteroatoms. The van der Waals surface area contributed by atoms with Gasteiger partial charge < -0.3 is 10.2 Å². The van der Waals surface area contributed by atoms with E-state index in [9.17, 15) is 9.18 Å². The average molecular weight is 392 g/mol. The first kappa shape index (κ1) is 19.3. The van der Waals surface area contributed by atoms with Gasteiger partial charge in [0.15, 0.2) is 0 Å². The van der Waals surface area contributed by atoms with Crippen LogP contribution in [0.25, 0.3) is 16.9 Å². The highest BCUT2D eigenvalue weighted by Gasteiger charge is 2.27. The molecule has 0 saturated carbocycles. The number of nitrogens with one attached hydrogen (secondary N) is 1. The van der Waals surface area contributed by atoms with E-state index in [-0.39, 0.29) is 11.7 Å². The molecule has 1 aliphatic rings. The third-order valence-electron chi connectivity index (χ3n) is 5.52. The number of carbonyl (C=O) groups excluding carboxylic acids is 1. The second-order valence-electron chi connectivity index (χ2n) is 7.54. The summed E-state index contributed by atoms with van der Waals surface area (Å²) in [6, 6.07) is 14.6. The maximum atomic E-state index is 13.4. The molecule has 1 N–H and O–H groups in total. The van der Waals surface area contributed by atoms with Gasteiger partial charge >= 0.3 is 0 Å². The number of aromatic nitrogens is 2. The fourth-order valence-electron chi connectivity index (χ4n) is 3.80. The average Bonchev–Trinajstić information content (AvgIpc) is 3.19. The van der Waals surface area contributed by atoms with Gasteiger partial charge in [0.05, 0.1) is 11.3 Å². The maximum absolute atomic E-state index is 13.4. The Balaban J connectivity index is 1.73. The summed E-state index contributed by atoms with van der Waals surface area (Å²) in [6.45, 7) is 3.46. The van der Waals surface area contributed by atoms with Gasteiger partial charge in [-0.15, -0.1) is 0 Å². The summed E-state index contributed by atoms with van der Waals surface area (Å²) in [5, 5.41) is 7.99. The Kier molecular flexibility index (Phi) is 5.45. The zero-order valence-corrected chi connectivity index (χ0v) is 16.7. The van der Waals surface area contributed by atoms with E-state index in [1.807, 2.05) is 43.1 Å². The lowest BCUT2D eigenvalue weighted by Gasteiger charge is -2.31. The molecule has 0 bridgehead atoms. The van der Waals surface area contributed by atoms with E-state index in [1.54, 1.807) is 23.0 Å². The van der Waals surface area contributed by atoms with E-state index in [1.165, 1.54) is 12.1 Å². The molecule has 0 aliphatic carbocycles. The molecule has 0 atom stereocenters. The van der Waals surface area contributed by atoms with Crippen molar-refractivity contribution in [3.05, 3.63) is 71.7 Å². The Morgan fingerprint density at radius 3 is 2.52 bits per heavy atom. The van der Waals surface area contributed by atoms with Crippen LogP contribution in [-0.2, 0) is 0 Å². The summed E-state index contributed by atoms with van der Waals surface area (Å²) < 4.78 is 15.0. The highest BCUT2D eigenvalue weighted by Crippen LogP contribution is 2.27. The highest BCUT2D eigenvalue weighted by molar-refractivity contribution is 6.00. The number of likely N-dealkylation sites (tertiary alicyclic amines) is 1. The number of hydrogen-bond donors (Lipinski definition) is 1. The third-order valence-corrected chi connectivity index (χ3v) is 5.52. The second-order valence-corrected chi connectivity index (χ2v) is 7.54. The summed E-state index contributed by atoms with van der Waals surface area (Å²) >= 11 is 0. The van der Waals surface area contributed by atoms with E-state index in [2.05, 4.69) is 5.32 Å². The molecule has 29 heavy (non-hydrogen) atoms. The molecule has 1 saturated heterocycles. The Labute approximate surface area is 170 Å². The van der Waals surface area contributed by atoms with Gasteiger partial charge in [-0.2, -0.15) is 5.10 Å². The molecule has 5 nitrogen and oxygen atoms in total. The summed E-state index contributed by atoms with van der Waals surface area (Å²) in [5.74, 6) is -0.312. The minimum Gasteiger partial charge on any atom is -0.338 e. The largest absolute Gasteiger partial charge is 0.338 e. The van der Waals surface area contributed by atoms with E-state index < -0.39 is 0 Å². The number of nitrogens with zero attached hydrogens (tertiary/aromatic N) is 3. The van der Waals surface area contributed by atoms with Crippen LogP contribution in [0.1, 0.15) is 28.8 Å². The number of aryl methyl sites for hydroxylation is 1. The number of benzene rings is 2. The zero-order valence-electron chi connectivity index (χ0n) is 16.7. The van der Waals surface area contributed by atoms with Gasteiger partial charge in [-0.1, -0.05) is 23.8 Å². The quantitative estimate of drug-likeness (QED) is 0.735. The minimum atomic E-state index is -0.302. The summed E-state index contributed by atoms with van der Waals surface area (Å²) in [5.41, 5.74) is 3.95. The van der Waals surface area contributed by atoms with E-state index >= 15 is 0 Å². The maximum Gasteiger partial charge on any atom is 0.257 e. The number of halogens is 1. The smallest absolute Gasteiger partial charge is 0.257 e. The molecule has 1 aliphatic heterocycles. The van der Waals surface area contributed by atoms with Crippen molar-refractivity contribution < 1.29 is 9.18 Å². The van der Waals surface area contributed by atoms with Crippen LogP contribution >= 0.6 is 0 Å². The lowest BCUT2D eigenvalue weighted by molar-refractivity contribution is 0.0708. The Bertz CT molecular complexity index is 1000. The SMILES string of the molecule is CNC1CCN(C(=O)c2cn(-c3ccc(F)cc3)nc2-c2cccc(C)c2)CC1. The molecule has 2 heterocycles. The normalized spacial score (nSPS) is 14.9. The van der Waals surface area contributed by atoms with Crippen molar-refractivity contribution in [3.8, 4) is 16.9 Å². The van der Waals surface area contributed by atoms with Crippen LogP contribution in [0.15, 0.2) is 54.7 Å². The minimum absolute atomic E-state index is 0.00980. The van der Waals surface area contributed by atoms with Crippen LogP contribution in [0, 0.1) is 12.7 Å². The highest BCUT2D eigenvalue weighted by atomic mass is 19.1. The molecular weight excluding hydrogens is 367 g/mol. The van der Waals surface area contributed by atoms with E-state index in [0.29, 0.717) is 23.0 Å². The van der Waals surface area contributed by atoms with Crippen LogP contribution < -0.4 is 5.32 Å². The van der Waals surface area contributed by atoms with Crippen molar-refractivity contribution in [2.45, 2.75) is 25.8 Å². The fourth-order valence-corrected chi connectivity index (χ4v) is 3.80. The number of amides is 1. The lowest BCUT2D eigenvalue weighted by atomic mass is 10.0. The monoisotopic (exact) mass is 392 g/mol. The molecule has 4 rings (SSSR count). The number of carbonyl (C=O) groups is 1. The van der Waals surface area contributed by atoms with E-state index in [4.69, 9.17) is 5.10 Å². The first-order valence-corrected chi connectivity index (χ1v) is 9.94. The molecule has 0 radical (unpaired) electrons. The predicted octanol–water partition coefficient (Wildman–Crippen LogP) is 3.81. The number of piperidine rings is 1. The fraction of sp³-hybridized carbons (Fsp3) is 0.304. The number of hydrogen-bond acceptors (Lipinski definition) is 3. The first-order chi connectivity index (χ1) is 14.0. The van der Waals surface area contributed by atoms with Gasteiger partial charge in [0.1, 0.15) is 11.5 Å². The molecular formula is C23H25FN4O. The van der Waals surface area contributed by atoms with Gasteiger partial charge in [0, 0.05) is 30.9 Å². The van der Waals surface area contributed by atoms with Crippen molar-refractivity contribution in [3.63, 3.8) is 0 Å². The van der Waals surface area contributed by atoms with Crippen molar-refractivity contribution in [2.24, 2.45) is 0 Å².